The van der Waals surface area contributed by atoms with Crippen LogP contribution in [0.5, 0.6) is 28.7 Å². The zero-order valence-corrected chi connectivity index (χ0v) is 17.9. The van der Waals surface area contributed by atoms with Crippen molar-refractivity contribution in [3.63, 3.8) is 0 Å². The minimum atomic E-state index is -0.858. The second-order valence-electron chi connectivity index (χ2n) is 9.39. The number of phenolic OH excluding ortho intramolecular Hbond substituents is 2. The Balaban J connectivity index is 1.86. The molecule has 4 aromatic rings. The van der Waals surface area contributed by atoms with Crippen LogP contribution in [0.15, 0.2) is 33.5 Å². The van der Waals surface area contributed by atoms with Crippen molar-refractivity contribution in [3.8, 4) is 28.7 Å². The van der Waals surface area contributed by atoms with Gasteiger partial charge in [0.05, 0.1) is 16.3 Å². The fraction of sp³-hybridized carbons (Fsp3) is 0.240. The molecular weight excluding hydrogens is 412 g/mol. The Morgan fingerprint density at radius 2 is 1.56 bits per heavy atom. The maximum atomic E-state index is 12.5. The largest absolute Gasteiger partial charge is 0.507 e. The zero-order valence-electron chi connectivity index (χ0n) is 17.9. The lowest BCUT2D eigenvalue weighted by molar-refractivity contribution is 0.124. The van der Waals surface area contributed by atoms with E-state index in [1.165, 1.54) is 6.07 Å². The predicted octanol–water partition coefficient (Wildman–Crippen LogP) is 5.03. The van der Waals surface area contributed by atoms with Crippen LogP contribution < -0.4 is 14.9 Å². The van der Waals surface area contributed by atoms with Crippen molar-refractivity contribution in [1.29, 1.82) is 0 Å². The van der Waals surface area contributed by atoms with E-state index >= 15 is 0 Å². The molecule has 0 unspecified atom stereocenters. The molecule has 3 heterocycles. The summed E-state index contributed by atoms with van der Waals surface area (Å²) < 4.78 is 18.1. The summed E-state index contributed by atoms with van der Waals surface area (Å²) in [6, 6.07) is 4.22. The molecule has 7 nitrogen and oxygen atoms in total. The van der Waals surface area contributed by atoms with Crippen LogP contribution in [0.2, 0.25) is 0 Å². The zero-order chi connectivity index (χ0) is 22.7. The molecule has 0 saturated carbocycles. The topological polar surface area (TPSA) is 109 Å². The first-order valence-corrected chi connectivity index (χ1v) is 10.2. The number of rotatable bonds is 0. The normalized spacial score (nSPS) is 17.5. The quantitative estimate of drug-likeness (QED) is 0.264. The second kappa shape index (κ2) is 5.48. The van der Waals surface area contributed by atoms with E-state index in [2.05, 4.69) is 0 Å². The van der Waals surface area contributed by atoms with Gasteiger partial charge < -0.3 is 29.2 Å². The van der Waals surface area contributed by atoms with Crippen LogP contribution in [-0.4, -0.2) is 20.9 Å². The highest BCUT2D eigenvalue weighted by atomic mass is 16.5. The van der Waals surface area contributed by atoms with Crippen LogP contribution in [0, 0.1) is 0 Å². The fourth-order valence-corrected chi connectivity index (χ4v) is 4.75. The van der Waals surface area contributed by atoms with E-state index in [9.17, 15) is 20.1 Å². The molecule has 0 amide bonds. The Bertz CT molecular complexity index is 1620. The van der Waals surface area contributed by atoms with Crippen LogP contribution in [0.3, 0.4) is 0 Å². The van der Waals surface area contributed by atoms with Gasteiger partial charge in [0, 0.05) is 23.1 Å². The Morgan fingerprint density at radius 1 is 0.844 bits per heavy atom. The third-order valence-electron chi connectivity index (χ3n) is 6.24. The van der Waals surface area contributed by atoms with Gasteiger partial charge in [-0.25, -0.2) is 0 Å². The third-order valence-corrected chi connectivity index (χ3v) is 6.24. The van der Waals surface area contributed by atoms with E-state index in [0.717, 1.165) is 6.07 Å². The number of aromatic hydroxyl groups is 3. The standard InChI is InChI=1S/C25H20O7/c1-24(2)6-5-10-16(31-24)9-14(27)19-20(29)11-7-12-17-18(22(11)30-21(10)19)13(26)8-15(28)23(17)32-25(12,3)4/h5-9,26-27,29H,1-4H3. The summed E-state index contributed by atoms with van der Waals surface area (Å²) in [4.78, 5) is 12.5. The van der Waals surface area contributed by atoms with Gasteiger partial charge in [-0.2, -0.15) is 0 Å². The second-order valence-corrected chi connectivity index (χ2v) is 9.39. The molecule has 7 heteroatoms. The van der Waals surface area contributed by atoms with Crippen molar-refractivity contribution in [2.45, 2.75) is 38.9 Å². The molecule has 0 saturated heterocycles. The molecule has 0 aliphatic carbocycles. The van der Waals surface area contributed by atoms with Crippen LogP contribution in [0.1, 0.15) is 38.8 Å². The Labute approximate surface area is 181 Å². The number of ether oxygens (including phenoxy) is 2. The molecule has 0 radical (unpaired) electrons. The lowest BCUT2D eigenvalue weighted by Gasteiger charge is -2.28. The summed E-state index contributed by atoms with van der Waals surface area (Å²) in [5.41, 5.74) is -0.290. The highest BCUT2D eigenvalue weighted by Gasteiger charge is 2.38. The molecule has 32 heavy (non-hydrogen) atoms. The highest BCUT2D eigenvalue weighted by Crippen LogP contribution is 2.52. The van der Waals surface area contributed by atoms with Crippen molar-refractivity contribution in [2.75, 3.05) is 0 Å². The van der Waals surface area contributed by atoms with Crippen LogP contribution in [-0.2, 0) is 5.60 Å². The molecule has 0 atom stereocenters. The van der Waals surface area contributed by atoms with E-state index in [-0.39, 0.29) is 50.3 Å². The predicted molar refractivity (Wildman–Crippen MR) is 120 cm³/mol. The first-order chi connectivity index (χ1) is 15.0. The summed E-state index contributed by atoms with van der Waals surface area (Å²) >= 11 is 0. The third kappa shape index (κ3) is 2.22. The van der Waals surface area contributed by atoms with Gasteiger partial charge in [0.1, 0.15) is 45.2 Å². The van der Waals surface area contributed by atoms with E-state index in [4.69, 9.17) is 13.9 Å². The van der Waals surface area contributed by atoms with Crippen molar-refractivity contribution >= 4 is 38.8 Å². The van der Waals surface area contributed by atoms with Gasteiger partial charge in [-0.15, -0.1) is 0 Å². The Hall–Kier alpha value is -3.87. The average Bonchev–Trinajstić information content (AvgIpc) is 2.96. The first-order valence-electron chi connectivity index (χ1n) is 10.2. The van der Waals surface area contributed by atoms with Crippen LogP contribution >= 0.6 is 0 Å². The van der Waals surface area contributed by atoms with Crippen molar-refractivity contribution in [3.05, 3.63) is 45.6 Å². The summed E-state index contributed by atoms with van der Waals surface area (Å²) in [6.07, 6.45) is 3.67. The number of phenols is 2. The Morgan fingerprint density at radius 3 is 2.31 bits per heavy atom. The van der Waals surface area contributed by atoms with E-state index in [1.54, 1.807) is 19.9 Å². The number of hydrogen-bond acceptors (Lipinski definition) is 7. The molecule has 0 bridgehead atoms. The average molecular weight is 432 g/mol. The lowest BCUT2D eigenvalue weighted by Crippen LogP contribution is -2.27. The van der Waals surface area contributed by atoms with Crippen LogP contribution in [0.4, 0.5) is 0 Å². The Kier molecular flexibility index (Phi) is 3.23. The van der Waals surface area contributed by atoms with E-state index in [0.29, 0.717) is 22.3 Å². The van der Waals surface area contributed by atoms with E-state index < -0.39 is 16.6 Å². The molecular formula is C25H20O7. The lowest BCUT2D eigenvalue weighted by atomic mass is 9.91. The van der Waals surface area contributed by atoms with Crippen LogP contribution in [0.25, 0.3) is 38.8 Å². The molecule has 3 aromatic carbocycles. The van der Waals surface area contributed by atoms with E-state index in [1.807, 2.05) is 26.0 Å². The molecule has 2 aliphatic rings. The SMILES string of the molecule is CC1(C)C=Cc2c(cc(O)c3c(O)c4cc5c6c(c(=O)cc(O)c6c4oc23)OC5(C)C)O1. The number of hydrogen-bond donors (Lipinski definition) is 3. The molecule has 1 aromatic heterocycles. The fourth-order valence-electron chi connectivity index (χ4n) is 4.75. The van der Waals surface area contributed by atoms with Crippen molar-refractivity contribution < 1.29 is 29.2 Å². The summed E-state index contributed by atoms with van der Waals surface area (Å²) in [5.74, 6) is -0.122. The van der Waals surface area contributed by atoms with Gasteiger partial charge in [-0.3, -0.25) is 4.79 Å². The maximum Gasteiger partial charge on any atom is 0.224 e. The highest BCUT2D eigenvalue weighted by molar-refractivity contribution is 6.17. The smallest absolute Gasteiger partial charge is 0.224 e. The van der Waals surface area contributed by atoms with Crippen molar-refractivity contribution in [1.82, 2.24) is 0 Å². The van der Waals surface area contributed by atoms with Crippen molar-refractivity contribution in [2.24, 2.45) is 0 Å². The van der Waals surface area contributed by atoms with Gasteiger partial charge in [0.15, 0.2) is 11.3 Å². The monoisotopic (exact) mass is 432 g/mol. The van der Waals surface area contributed by atoms with Gasteiger partial charge in [0.2, 0.25) is 5.43 Å². The van der Waals surface area contributed by atoms with Gasteiger partial charge in [0.25, 0.3) is 0 Å². The van der Waals surface area contributed by atoms with Gasteiger partial charge in [-0.05, 0) is 45.9 Å². The molecule has 0 fully saturated rings. The summed E-state index contributed by atoms with van der Waals surface area (Å²) in [5, 5.41) is 33.9. The minimum Gasteiger partial charge on any atom is -0.507 e. The number of fused-ring (bicyclic) bond motifs is 5. The first kappa shape index (κ1) is 18.9. The maximum absolute atomic E-state index is 12.5. The van der Waals surface area contributed by atoms with Gasteiger partial charge in [-0.1, -0.05) is 0 Å². The number of benzene rings is 3. The molecule has 6 rings (SSSR count). The van der Waals surface area contributed by atoms with Gasteiger partial charge >= 0.3 is 0 Å². The summed E-state index contributed by atoms with van der Waals surface area (Å²) in [6.45, 7) is 7.37. The summed E-state index contributed by atoms with van der Waals surface area (Å²) in [7, 11) is 0. The molecule has 3 N–H and O–H groups in total. The minimum absolute atomic E-state index is 0.132. The molecule has 162 valence electrons. The molecule has 2 aliphatic heterocycles. The molecule has 0 spiro atoms.